The number of carbonyl (C=O) groups excluding carboxylic acids is 2. The van der Waals surface area contributed by atoms with Gasteiger partial charge in [-0.15, -0.1) is 10.2 Å². The van der Waals surface area contributed by atoms with Gasteiger partial charge in [-0.25, -0.2) is 0 Å². The van der Waals surface area contributed by atoms with Gasteiger partial charge in [-0.05, 0) is 49.2 Å². The molecule has 0 spiro atoms. The molecule has 2 aromatic heterocycles. The fourth-order valence-corrected chi connectivity index (χ4v) is 2.94. The SMILES string of the molecule is Cc1ccc(-n2cnnc2SCC(=O)NNC(=O)c2ccc[nH]2)cc1C. The number of rotatable bonds is 5. The molecule has 134 valence electrons. The molecule has 0 fully saturated rings. The van der Waals surface area contributed by atoms with Gasteiger partial charge >= 0.3 is 0 Å². The molecular weight excluding hydrogens is 352 g/mol. The minimum absolute atomic E-state index is 0.0918. The van der Waals surface area contributed by atoms with Crippen molar-refractivity contribution in [3.63, 3.8) is 0 Å². The van der Waals surface area contributed by atoms with Gasteiger partial charge in [0.25, 0.3) is 5.91 Å². The topological polar surface area (TPSA) is 105 Å². The molecule has 0 radical (unpaired) electrons. The van der Waals surface area contributed by atoms with Gasteiger partial charge in [0.2, 0.25) is 5.91 Å². The van der Waals surface area contributed by atoms with E-state index in [1.54, 1.807) is 24.7 Å². The summed E-state index contributed by atoms with van der Waals surface area (Å²) in [5.41, 5.74) is 8.39. The molecule has 0 unspecified atom stereocenters. The molecule has 0 aliphatic heterocycles. The van der Waals surface area contributed by atoms with E-state index in [4.69, 9.17) is 0 Å². The van der Waals surface area contributed by atoms with Crippen molar-refractivity contribution in [3.05, 3.63) is 59.7 Å². The Morgan fingerprint density at radius 1 is 1.19 bits per heavy atom. The minimum Gasteiger partial charge on any atom is -0.357 e. The Bertz CT molecular complexity index is 919. The molecule has 3 N–H and O–H groups in total. The highest BCUT2D eigenvalue weighted by atomic mass is 32.2. The first-order valence-electron chi connectivity index (χ1n) is 7.87. The van der Waals surface area contributed by atoms with Gasteiger partial charge in [0.1, 0.15) is 12.0 Å². The molecular formula is C17H18N6O2S. The van der Waals surface area contributed by atoms with Gasteiger partial charge in [0, 0.05) is 11.9 Å². The summed E-state index contributed by atoms with van der Waals surface area (Å²) in [5.74, 6) is -0.662. The van der Waals surface area contributed by atoms with Gasteiger partial charge in [-0.1, -0.05) is 17.8 Å². The van der Waals surface area contributed by atoms with Crippen LogP contribution in [0.5, 0.6) is 0 Å². The zero-order valence-electron chi connectivity index (χ0n) is 14.3. The number of hydrazine groups is 1. The number of H-pyrrole nitrogens is 1. The van der Waals surface area contributed by atoms with Crippen LogP contribution in [0, 0.1) is 13.8 Å². The highest BCUT2D eigenvalue weighted by molar-refractivity contribution is 7.99. The van der Waals surface area contributed by atoms with E-state index in [-0.39, 0.29) is 11.7 Å². The van der Waals surface area contributed by atoms with Crippen LogP contribution in [-0.4, -0.2) is 37.3 Å². The Hall–Kier alpha value is -3.07. The standard InChI is InChI=1S/C17H18N6O2S/c1-11-5-6-13(8-12(11)2)23-10-19-22-17(23)26-9-15(24)20-21-16(25)14-4-3-7-18-14/h3-8,10,18H,9H2,1-2H3,(H,20,24)(H,21,25). The largest absolute Gasteiger partial charge is 0.357 e. The average Bonchev–Trinajstić information content (AvgIpc) is 3.32. The number of thioether (sulfide) groups is 1. The number of nitrogens with zero attached hydrogens (tertiary/aromatic N) is 3. The molecule has 3 rings (SSSR count). The van der Waals surface area contributed by atoms with Crippen LogP contribution in [0.15, 0.2) is 48.0 Å². The maximum Gasteiger partial charge on any atom is 0.286 e. The smallest absolute Gasteiger partial charge is 0.286 e. The van der Waals surface area contributed by atoms with Crippen molar-refractivity contribution in [2.45, 2.75) is 19.0 Å². The minimum atomic E-state index is -0.411. The van der Waals surface area contributed by atoms with E-state index in [0.29, 0.717) is 10.9 Å². The first kappa shape index (κ1) is 17.7. The molecule has 2 amide bonds. The zero-order chi connectivity index (χ0) is 18.5. The predicted molar refractivity (Wildman–Crippen MR) is 98.0 cm³/mol. The molecule has 0 atom stereocenters. The Morgan fingerprint density at radius 3 is 2.77 bits per heavy atom. The maximum absolute atomic E-state index is 11.9. The summed E-state index contributed by atoms with van der Waals surface area (Å²) < 4.78 is 1.82. The number of benzene rings is 1. The predicted octanol–water partition coefficient (Wildman–Crippen LogP) is 1.77. The Kier molecular flexibility index (Phi) is 5.37. The van der Waals surface area contributed by atoms with Gasteiger partial charge < -0.3 is 4.98 Å². The molecule has 8 nitrogen and oxygen atoms in total. The van der Waals surface area contributed by atoms with E-state index in [1.807, 2.05) is 36.6 Å². The number of aromatic amines is 1. The first-order valence-corrected chi connectivity index (χ1v) is 8.86. The Balaban J connectivity index is 1.57. The lowest BCUT2D eigenvalue weighted by molar-refractivity contribution is -0.119. The fourth-order valence-electron chi connectivity index (χ4n) is 2.21. The number of amides is 2. The van der Waals surface area contributed by atoms with Crippen LogP contribution in [0.4, 0.5) is 0 Å². The van der Waals surface area contributed by atoms with Crippen molar-refractivity contribution < 1.29 is 9.59 Å². The van der Waals surface area contributed by atoms with E-state index in [1.165, 1.54) is 17.3 Å². The summed E-state index contributed by atoms with van der Waals surface area (Å²) in [6.45, 7) is 4.09. The second-order valence-corrected chi connectivity index (χ2v) is 6.57. The van der Waals surface area contributed by atoms with Gasteiger partial charge in [-0.2, -0.15) is 0 Å². The zero-order valence-corrected chi connectivity index (χ0v) is 15.1. The monoisotopic (exact) mass is 370 g/mol. The first-order chi connectivity index (χ1) is 12.5. The van der Waals surface area contributed by atoms with Gasteiger partial charge in [-0.3, -0.25) is 25.0 Å². The van der Waals surface area contributed by atoms with Gasteiger partial charge in [0.05, 0.1) is 5.75 Å². The summed E-state index contributed by atoms with van der Waals surface area (Å²) in [6.07, 6.45) is 3.24. The van der Waals surface area contributed by atoms with E-state index in [2.05, 4.69) is 26.0 Å². The normalized spacial score (nSPS) is 10.5. The van der Waals surface area contributed by atoms with Crippen LogP contribution in [-0.2, 0) is 4.79 Å². The van der Waals surface area contributed by atoms with Crippen molar-refractivity contribution in [1.29, 1.82) is 0 Å². The van der Waals surface area contributed by atoms with E-state index < -0.39 is 5.91 Å². The van der Waals surface area contributed by atoms with Crippen LogP contribution in [0.1, 0.15) is 21.6 Å². The Morgan fingerprint density at radius 2 is 2.04 bits per heavy atom. The highest BCUT2D eigenvalue weighted by Crippen LogP contribution is 2.21. The molecule has 0 aliphatic rings. The lowest BCUT2D eigenvalue weighted by Gasteiger charge is -2.09. The lowest BCUT2D eigenvalue weighted by Crippen LogP contribution is -2.42. The second kappa shape index (κ2) is 7.87. The van der Waals surface area contributed by atoms with Crippen molar-refractivity contribution >= 4 is 23.6 Å². The summed E-state index contributed by atoms with van der Waals surface area (Å²) in [7, 11) is 0. The van der Waals surface area contributed by atoms with Crippen molar-refractivity contribution in [2.24, 2.45) is 0 Å². The molecule has 0 saturated carbocycles. The number of nitrogens with one attached hydrogen (secondary N) is 3. The Labute approximate surface area is 154 Å². The third-order valence-electron chi connectivity index (χ3n) is 3.78. The number of hydrogen-bond donors (Lipinski definition) is 3. The van der Waals surface area contributed by atoms with Crippen LogP contribution in [0.2, 0.25) is 0 Å². The van der Waals surface area contributed by atoms with Gasteiger partial charge in [0.15, 0.2) is 5.16 Å². The summed E-state index contributed by atoms with van der Waals surface area (Å²) >= 11 is 1.23. The maximum atomic E-state index is 11.9. The number of aryl methyl sites for hydroxylation is 2. The molecule has 0 bridgehead atoms. The number of aromatic nitrogens is 4. The summed E-state index contributed by atoms with van der Waals surface area (Å²) in [6, 6.07) is 9.36. The van der Waals surface area contributed by atoms with Crippen LogP contribution < -0.4 is 10.9 Å². The quantitative estimate of drug-likeness (QED) is 0.469. The lowest BCUT2D eigenvalue weighted by atomic mass is 10.1. The second-order valence-electron chi connectivity index (χ2n) is 5.63. The van der Waals surface area contributed by atoms with E-state index in [0.717, 1.165) is 11.3 Å². The molecule has 9 heteroatoms. The van der Waals surface area contributed by atoms with E-state index >= 15 is 0 Å². The van der Waals surface area contributed by atoms with Crippen molar-refractivity contribution in [3.8, 4) is 5.69 Å². The van der Waals surface area contributed by atoms with Crippen LogP contribution >= 0.6 is 11.8 Å². The molecule has 2 heterocycles. The molecule has 3 aromatic rings. The number of carbonyl (C=O) groups is 2. The van der Waals surface area contributed by atoms with E-state index in [9.17, 15) is 9.59 Å². The summed E-state index contributed by atoms with van der Waals surface area (Å²) in [5, 5.41) is 8.58. The van der Waals surface area contributed by atoms with Crippen molar-refractivity contribution in [2.75, 3.05) is 5.75 Å². The summed E-state index contributed by atoms with van der Waals surface area (Å²) in [4.78, 5) is 26.5. The highest BCUT2D eigenvalue weighted by Gasteiger charge is 2.12. The fraction of sp³-hybridized carbons (Fsp3) is 0.176. The molecule has 0 aliphatic carbocycles. The average molecular weight is 370 g/mol. The molecule has 0 saturated heterocycles. The molecule has 26 heavy (non-hydrogen) atoms. The number of hydrogen-bond acceptors (Lipinski definition) is 5. The third-order valence-corrected chi connectivity index (χ3v) is 4.72. The third kappa shape index (κ3) is 4.12. The molecule has 1 aromatic carbocycles. The van der Waals surface area contributed by atoms with Crippen molar-refractivity contribution in [1.82, 2.24) is 30.6 Å². The van der Waals surface area contributed by atoms with Crippen LogP contribution in [0.3, 0.4) is 0 Å². The van der Waals surface area contributed by atoms with Crippen LogP contribution in [0.25, 0.3) is 5.69 Å².